The maximum Gasteiger partial charge on any atom is 0.0958 e. The van der Waals surface area contributed by atoms with E-state index in [9.17, 15) is 5.11 Å². The number of aliphatic hydroxyl groups is 1. The van der Waals surface area contributed by atoms with E-state index in [1.807, 2.05) is 5.06 Å². The van der Waals surface area contributed by atoms with Crippen LogP contribution in [0.5, 0.6) is 0 Å². The second kappa shape index (κ2) is 3.47. The van der Waals surface area contributed by atoms with Crippen LogP contribution in [-0.2, 0) is 4.84 Å². The number of rotatable bonds is 2. The van der Waals surface area contributed by atoms with E-state index in [1.54, 1.807) is 0 Å². The van der Waals surface area contributed by atoms with Crippen LogP contribution in [0.4, 0.5) is 0 Å². The zero-order chi connectivity index (χ0) is 9.54. The van der Waals surface area contributed by atoms with E-state index in [4.69, 9.17) is 4.84 Å². The Labute approximate surface area is 85.0 Å². The summed E-state index contributed by atoms with van der Waals surface area (Å²) in [6.45, 7) is 2.27. The Bertz CT molecular complexity index is 221. The second-order valence-electron chi connectivity index (χ2n) is 5.23. The van der Waals surface area contributed by atoms with Crippen molar-refractivity contribution in [2.45, 2.75) is 31.8 Å². The molecule has 80 valence electrons. The van der Waals surface area contributed by atoms with Gasteiger partial charge in [-0.25, -0.2) is 0 Å². The van der Waals surface area contributed by atoms with Gasteiger partial charge in [0.25, 0.3) is 0 Å². The Balaban J connectivity index is 1.53. The molecular formula is C11H19NO2. The van der Waals surface area contributed by atoms with Crippen molar-refractivity contribution >= 4 is 0 Å². The first-order chi connectivity index (χ1) is 6.81. The monoisotopic (exact) mass is 197 g/mol. The van der Waals surface area contributed by atoms with Crippen molar-refractivity contribution in [2.24, 2.45) is 17.8 Å². The van der Waals surface area contributed by atoms with E-state index in [0.29, 0.717) is 13.2 Å². The molecule has 0 aromatic heterocycles. The van der Waals surface area contributed by atoms with E-state index < -0.39 is 0 Å². The van der Waals surface area contributed by atoms with Crippen LogP contribution < -0.4 is 0 Å². The van der Waals surface area contributed by atoms with Crippen LogP contribution in [0.1, 0.15) is 25.7 Å². The fourth-order valence-electron chi connectivity index (χ4n) is 3.52. The molecule has 0 aromatic rings. The summed E-state index contributed by atoms with van der Waals surface area (Å²) in [5.41, 5.74) is 0. The predicted molar refractivity (Wildman–Crippen MR) is 52.5 cm³/mol. The minimum absolute atomic E-state index is 0.256. The number of hydroxylamine groups is 2. The molecule has 1 heterocycles. The molecule has 3 heteroatoms. The highest BCUT2D eigenvalue weighted by Gasteiger charge is 2.40. The van der Waals surface area contributed by atoms with E-state index in [2.05, 4.69) is 0 Å². The van der Waals surface area contributed by atoms with Crippen LogP contribution in [-0.4, -0.2) is 36.0 Å². The van der Waals surface area contributed by atoms with Gasteiger partial charge in [0, 0.05) is 6.54 Å². The average Bonchev–Trinajstić information content (AvgIpc) is 2.82. The Morgan fingerprint density at radius 1 is 1.29 bits per heavy atom. The molecule has 3 aliphatic rings. The van der Waals surface area contributed by atoms with Gasteiger partial charge in [0.05, 0.1) is 19.3 Å². The molecule has 3 unspecified atom stereocenters. The van der Waals surface area contributed by atoms with E-state index in [1.165, 1.54) is 25.7 Å². The third-order valence-electron chi connectivity index (χ3n) is 4.19. The molecular weight excluding hydrogens is 178 g/mol. The third kappa shape index (κ3) is 1.58. The number of nitrogens with zero attached hydrogens (tertiary/aromatic N) is 1. The minimum Gasteiger partial charge on any atom is -0.389 e. The summed E-state index contributed by atoms with van der Waals surface area (Å²) in [6, 6.07) is 0. The van der Waals surface area contributed by atoms with Gasteiger partial charge in [-0.3, -0.25) is 4.84 Å². The Morgan fingerprint density at radius 3 is 2.79 bits per heavy atom. The molecule has 0 aromatic carbocycles. The number of hydrogen-bond donors (Lipinski definition) is 1. The first-order valence-electron chi connectivity index (χ1n) is 5.87. The second-order valence-corrected chi connectivity index (χ2v) is 5.23. The van der Waals surface area contributed by atoms with Gasteiger partial charge >= 0.3 is 0 Å². The van der Waals surface area contributed by atoms with Gasteiger partial charge in [0.2, 0.25) is 0 Å². The molecule has 1 N–H and O–H groups in total. The van der Waals surface area contributed by atoms with E-state index >= 15 is 0 Å². The van der Waals surface area contributed by atoms with Gasteiger partial charge in [-0.2, -0.15) is 5.06 Å². The van der Waals surface area contributed by atoms with Gasteiger partial charge in [-0.1, -0.05) is 6.42 Å². The maximum atomic E-state index is 9.34. The van der Waals surface area contributed by atoms with Crippen LogP contribution in [0.2, 0.25) is 0 Å². The fourth-order valence-corrected chi connectivity index (χ4v) is 3.52. The molecule has 1 aliphatic heterocycles. The van der Waals surface area contributed by atoms with Crippen molar-refractivity contribution in [3.05, 3.63) is 0 Å². The topological polar surface area (TPSA) is 32.7 Å². The molecule has 3 nitrogen and oxygen atoms in total. The summed E-state index contributed by atoms with van der Waals surface area (Å²) < 4.78 is 0. The van der Waals surface area contributed by atoms with Gasteiger partial charge in [-0.05, 0) is 37.0 Å². The lowest BCUT2D eigenvalue weighted by Gasteiger charge is -2.25. The quantitative estimate of drug-likeness (QED) is 0.717. The standard InChI is InChI=1S/C11H19NO2/c13-11-6-12(14-7-11)5-10-4-8-1-2-9(10)3-8/h8-11,13H,1-7H2/t8?,9?,10?,11-/m0/s1. The lowest BCUT2D eigenvalue weighted by Crippen LogP contribution is -2.30. The predicted octanol–water partition coefficient (Wildman–Crippen LogP) is 1.03. The van der Waals surface area contributed by atoms with Crippen molar-refractivity contribution in [1.29, 1.82) is 0 Å². The molecule has 2 bridgehead atoms. The number of hydrogen-bond acceptors (Lipinski definition) is 3. The summed E-state index contributed by atoms with van der Waals surface area (Å²) in [7, 11) is 0. The third-order valence-corrected chi connectivity index (χ3v) is 4.19. The zero-order valence-corrected chi connectivity index (χ0v) is 8.56. The lowest BCUT2D eigenvalue weighted by atomic mass is 9.89. The Hall–Kier alpha value is -0.120. The highest BCUT2D eigenvalue weighted by atomic mass is 16.7. The fraction of sp³-hybridized carbons (Fsp3) is 1.00. The molecule has 0 amide bonds. The molecule has 0 radical (unpaired) electrons. The summed E-state index contributed by atoms with van der Waals surface area (Å²) >= 11 is 0. The summed E-state index contributed by atoms with van der Waals surface area (Å²) in [5, 5.41) is 11.3. The van der Waals surface area contributed by atoms with Crippen LogP contribution in [0.25, 0.3) is 0 Å². The number of β-amino-alcohol motifs (C(OH)–C–C–N with tert-alkyl or cyclic N) is 1. The maximum absolute atomic E-state index is 9.34. The summed E-state index contributed by atoms with van der Waals surface area (Å²) in [6.07, 6.45) is 5.51. The average molecular weight is 197 g/mol. The molecule has 2 saturated carbocycles. The van der Waals surface area contributed by atoms with Gasteiger partial charge < -0.3 is 5.11 Å². The highest BCUT2D eigenvalue weighted by molar-refractivity contribution is 4.91. The van der Waals surface area contributed by atoms with Crippen molar-refractivity contribution in [2.75, 3.05) is 19.7 Å². The van der Waals surface area contributed by atoms with Crippen LogP contribution in [0.3, 0.4) is 0 Å². The number of fused-ring (bicyclic) bond motifs is 2. The molecule has 2 aliphatic carbocycles. The first-order valence-corrected chi connectivity index (χ1v) is 5.87. The van der Waals surface area contributed by atoms with Gasteiger partial charge in [-0.15, -0.1) is 0 Å². The van der Waals surface area contributed by atoms with Crippen LogP contribution in [0.15, 0.2) is 0 Å². The lowest BCUT2D eigenvalue weighted by molar-refractivity contribution is -0.122. The van der Waals surface area contributed by atoms with Crippen molar-refractivity contribution in [3.8, 4) is 0 Å². The smallest absolute Gasteiger partial charge is 0.0958 e. The SMILES string of the molecule is O[C@@H]1CON(CC2CC3CCC2C3)C1. The van der Waals surface area contributed by atoms with E-state index in [0.717, 1.165) is 24.3 Å². The number of aliphatic hydroxyl groups excluding tert-OH is 1. The van der Waals surface area contributed by atoms with Gasteiger partial charge in [0.15, 0.2) is 0 Å². The molecule has 0 spiro atoms. The zero-order valence-electron chi connectivity index (χ0n) is 8.56. The van der Waals surface area contributed by atoms with Crippen LogP contribution in [0, 0.1) is 17.8 Å². The molecule has 1 saturated heterocycles. The van der Waals surface area contributed by atoms with Crippen molar-refractivity contribution in [1.82, 2.24) is 5.06 Å². The van der Waals surface area contributed by atoms with E-state index in [-0.39, 0.29) is 6.10 Å². The van der Waals surface area contributed by atoms with Crippen LogP contribution >= 0.6 is 0 Å². The molecule has 4 atom stereocenters. The first kappa shape index (κ1) is 9.13. The molecule has 14 heavy (non-hydrogen) atoms. The Kier molecular flexibility index (Phi) is 2.26. The summed E-state index contributed by atoms with van der Waals surface area (Å²) in [4.78, 5) is 5.42. The highest BCUT2D eigenvalue weighted by Crippen LogP contribution is 2.48. The van der Waals surface area contributed by atoms with Crippen molar-refractivity contribution < 1.29 is 9.94 Å². The molecule has 3 fully saturated rings. The molecule has 3 rings (SSSR count). The van der Waals surface area contributed by atoms with Crippen molar-refractivity contribution in [3.63, 3.8) is 0 Å². The Morgan fingerprint density at radius 2 is 2.21 bits per heavy atom. The summed E-state index contributed by atoms with van der Waals surface area (Å²) in [5.74, 6) is 2.82. The normalized spacial score (nSPS) is 47.8. The minimum atomic E-state index is -0.256. The largest absolute Gasteiger partial charge is 0.389 e. The van der Waals surface area contributed by atoms with Gasteiger partial charge in [0.1, 0.15) is 0 Å².